The van der Waals surface area contributed by atoms with Gasteiger partial charge < -0.3 is 44.1 Å². The van der Waals surface area contributed by atoms with Crippen LogP contribution in [0.25, 0.3) is 0 Å². The van der Waals surface area contributed by atoms with Gasteiger partial charge in [-0.15, -0.1) is 0 Å². The molecule has 0 radical (unpaired) electrons. The van der Waals surface area contributed by atoms with Crippen LogP contribution in [0.15, 0.2) is 0 Å². The number of unbranched alkanes of at least 4 members (excludes halogenated alkanes) is 45. The summed E-state index contributed by atoms with van der Waals surface area (Å²) in [5.74, 6) is 0. The summed E-state index contributed by atoms with van der Waals surface area (Å²) < 4.78 is 31.5. The third-order valence-electron chi connectivity index (χ3n) is 16.1. The van der Waals surface area contributed by atoms with Crippen molar-refractivity contribution in [1.29, 1.82) is 0 Å². The lowest BCUT2D eigenvalue weighted by atomic mass is 9.91. The van der Waals surface area contributed by atoms with E-state index in [-0.39, 0.29) is 6.61 Å². The van der Waals surface area contributed by atoms with Crippen LogP contribution in [0.2, 0.25) is 0 Å². The topological polar surface area (TPSA) is 127 Å². The Balaban J connectivity index is 2.64. The maximum Gasteiger partial charge on any atom is 0.186 e. The predicted octanol–water partition coefficient (Wildman–Crippen LogP) is 17.6. The Morgan fingerprint density at radius 2 is 0.527 bits per heavy atom. The van der Waals surface area contributed by atoms with Crippen LogP contribution in [0, 0.1) is 5.41 Å². The summed E-state index contributed by atoms with van der Waals surface area (Å²) in [7, 11) is 0. The van der Waals surface area contributed by atoms with E-state index in [1.165, 1.54) is 270 Å². The van der Waals surface area contributed by atoms with Crippen LogP contribution in [0.3, 0.4) is 0 Å². The van der Waals surface area contributed by atoms with Gasteiger partial charge in [0.2, 0.25) is 0 Å². The first-order chi connectivity index (χ1) is 36.4. The zero-order valence-corrected chi connectivity index (χ0v) is 49.8. The Morgan fingerprint density at radius 1 is 0.297 bits per heavy atom. The lowest BCUT2D eigenvalue weighted by Crippen LogP contribution is -2.59. The first-order valence-electron chi connectivity index (χ1n) is 33.1. The molecule has 9 heteroatoms. The van der Waals surface area contributed by atoms with Crippen molar-refractivity contribution in [3.8, 4) is 0 Å². The molecule has 1 aliphatic heterocycles. The summed E-state index contributed by atoms with van der Waals surface area (Å²) in [5, 5.41) is 41.8. The van der Waals surface area contributed by atoms with E-state index in [4.69, 9.17) is 23.7 Å². The highest BCUT2D eigenvalue weighted by Crippen LogP contribution is 2.28. The SMILES string of the molecule is CCCCCCCCCCCCCCCCCCOCC(COCCCCCCCCCCCCCCCCCC)(COCCCCCCCCCCCCCCCCCC)CO[C@@H]1O[C@H](CO)[C@H](O)[C@H](O)[C@H]1O. The van der Waals surface area contributed by atoms with Gasteiger partial charge in [-0.2, -0.15) is 0 Å². The molecule has 0 aromatic heterocycles. The molecular weight excluding hydrogens is 925 g/mol. The van der Waals surface area contributed by atoms with E-state index in [2.05, 4.69) is 20.8 Å². The number of hydrogen-bond donors (Lipinski definition) is 4. The van der Waals surface area contributed by atoms with Crippen LogP contribution in [0.4, 0.5) is 0 Å². The molecule has 1 saturated heterocycles. The highest BCUT2D eigenvalue weighted by atomic mass is 16.7. The summed E-state index contributed by atoms with van der Waals surface area (Å²) in [6, 6.07) is 0. The van der Waals surface area contributed by atoms with Gasteiger partial charge in [-0.25, -0.2) is 0 Å². The lowest BCUT2D eigenvalue weighted by molar-refractivity contribution is -0.309. The van der Waals surface area contributed by atoms with Gasteiger partial charge in [0.05, 0.1) is 38.4 Å². The van der Waals surface area contributed by atoms with Crippen molar-refractivity contribution in [2.45, 2.75) is 360 Å². The van der Waals surface area contributed by atoms with Crippen LogP contribution < -0.4 is 0 Å². The van der Waals surface area contributed by atoms with Crippen molar-refractivity contribution >= 4 is 0 Å². The second-order valence-corrected chi connectivity index (χ2v) is 23.6. The minimum Gasteiger partial charge on any atom is -0.394 e. The van der Waals surface area contributed by atoms with E-state index in [1.54, 1.807) is 0 Å². The van der Waals surface area contributed by atoms with Gasteiger partial charge >= 0.3 is 0 Å². The van der Waals surface area contributed by atoms with Crippen molar-refractivity contribution in [2.75, 3.05) is 52.9 Å². The summed E-state index contributed by atoms with van der Waals surface area (Å²) >= 11 is 0. The first kappa shape index (κ1) is 71.7. The Labute approximate surface area is 460 Å². The first-order valence-corrected chi connectivity index (χ1v) is 33.1. The summed E-state index contributed by atoms with van der Waals surface area (Å²) in [5.41, 5.74) is -0.669. The molecule has 0 aromatic carbocycles. The third-order valence-corrected chi connectivity index (χ3v) is 16.1. The molecule has 444 valence electrons. The second-order valence-electron chi connectivity index (χ2n) is 23.6. The maximum atomic E-state index is 10.9. The van der Waals surface area contributed by atoms with Crippen molar-refractivity contribution < 1.29 is 44.1 Å². The largest absolute Gasteiger partial charge is 0.394 e. The molecule has 1 rings (SSSR count). The zero-order valence-electron chi connectivity index (χ0n) is 49.8. The van der Waals surface area contributed by atoms with Crippen molar-refractivity contribution in [3.63, 3.8) is 0 Å². The fraction of sp³-hybridized carbons (Fsp3) is 1.00. The maximum absolute atomic E-state index is 10.9. The Morgan fingerprint density at radius 3 is 0.757 bits per heavy atom. The molecule has 0 unspecified atom stereocenters. The van der Waals surface area contributed by atoms with E-state index in [0.29, 0.717) is 39.6 Å². The molecule has 5 atom stereocenters. The third kappa shape index (κ3) is 43.5. The normalized spacial score (nSPS) is 18.3. The van der Waals surface area contributed by atoms with Crippen molar-refractivity contribution in [1.82, 2.24) is 0 Å². The number of aliphatic hydroxyl groups excluding tert-OH is 4. The fourth-order valence-corrected chi connectivity index (χ4v) is 10.8. The van der Waals surface area contributed by atoms with Gasteiger partial charge in [0.1, 0.15) is 24.4 Å². The van der Waals surface area contributed by atoms with E-state index in [0.717, 1.165) is 38.5 Å². The van der Waals surface area contributed by atoms with Crippen LogP contribution in [0.5, 0.6) is 0 Å². The lowest BCUT2D eigenvalue weighted by Gasteiger charge is -2.41. The molecule has 0 bridgehead atoms. The molecule has 0 aromatic rings. The molecule has 1 aliphatic rings. The molecule has 74 heavy (non-hydrogen) atoms. The predicted molar refractivity (Wildman–Crippen MR) is 313 cm³/mol. The van der Waals surface area contributed by atoms with Crippen molar-refractivity contribution in [2.24, 2.45) is 5.41 Å². The summed E-state index contributed by atoms with van der Waals surface area (Å²) in [4.78, 5) is 0. The Kier molecular flexibility index (Phi) is 54.2. The van der Waals surface area contributed by atoms with E-state index in [9.17, 15) is 20.4 Å². The highest BCUT2D eigenvalue weighted by molar-refractivity contribution is 4.90. The quantitative estimate of drug-likeness (QED) is 0.0440. The summed E-state index contributed by atoms with van der Waals surface area (Å²) in [6.07, 6.45) is 57.2. The van der Waals surface area contributed by atoms with Crippen LogP contribution in [-0.2, 0) is 23.7 Å². The van der Waals surface area contributed by atoms with Crippen LogP contribution in [0.1, 0.15) is 329 Å². The number of hydrogen-bond acceptors (Lipinski definition) is 9. The van der Waals surface area contributed by atoms with Gasteiger partial charge in [-0.05, 0) is 19.3 Å². The second kappa shape index (κ2) is 55.9. The minimum atomic E-state index is -1.50. The average Bonchev–Trinajstić information content (AvgIpc) is 3.41. The smallest absolute Gasteiger partial charge is 0.186 e. The molecule has 0 amide bonds. The van der Waals surface area contributed by atoms with E-state index in [1.807, 2.05) is 0 Å². The monoisotopic (exact) mass is 1050 g/mol. The van der Waals surface area contributed by atoms with Gasteiger partial charge in [0.25, 0.3) is 0 Å². The minimum absolute atomic E-state index is 0.118. The van der Waals surface area contributed by atoms with Gasteiger partial charge in [-0.3, -0.25) is 0 Å². The number of rotatable bonds is 61. The van der Waals surface area contributed by atoms with Crippen molar-refractivity contribution in [3.05, 3.63) is 0 Å². The van der Waals surface area contributed by atoms with Gasteiger partial charge in [-0.1, -0.05) is 310 Å². The van der Waals surface area contributed by atoms with E-state index >= 15 is 0 Å². The molecule has 1 heterocycles. The standard InChI is InChI=1S/C65H130O9/c1-4-7-10-13-16-19-22-25-28-31-34-37-40-43-46-49-52-70-56-65(59-73-64-63(69)62(68)61(67)60(55-66)74-64,57-71-53-50-47-44-41-38-35-32-29-26-23-20-17-14-11-8-5-2)58-72-54-51-48-45-42-39-36-33-30-27-24-21-18-15-12-9-6-3/h60-64,66-69H,4-59H2,1-3H3/t60-,61+,62+,63-,64-/m1/s1. The highest BCUT2D eigenvalue weighted by Gasteiger charge is 2.45. The van der Waals surface area contributed by atoms with Gasteiger partial charge in [0, 0.05) is 19.8 Å². The zero-order chi connectivity index (χ0) is 53.5. The summed E-state index contributed by atoms with van der Waals surface area (Å²) in [6.45, 7) is 9.57. The van der Waals surface area contributed by atoms with Crippen LogP contribution in [-0.4, -0.2) is 104 Å². The van der Waals surface area contributed by atoms with Gasteiger partial charge in [0.15, 0.2) is 6.29 Å². The van der Waals surface area contributed by atoms with Crippen LogP contribution >= 0.6 is 0 Å². The van der Waals surface area contributed by atoms with E-state index < -0.39 is 42.7 Å². The Hall–Kier alpha value is -0.360. The number of ether oxygens (including phenoxy) is 5. The molecule has 0 saturated carbocycles. The molecule has 4 N–H and O–H groups in total. The fourth-order valence-electron chi connectivity index (χ4n) is 10.8. The average molecular weight is 1060 g/mol. The molecule has 1 fully saturated rings. The molecule has 9 nitrogen and oxygen atoms in total. The number of aliphatic hydroxyl groups is 4. The molecule has 0 aliphatic carbocycles. The Bertz CT molecular complexity index is 980. The molecule has 0 spiro atoms. The molecular formula is C65H130O9.